The summed E-state index contributed by atoms with van der Waals surface area (Å²) in [4.78, 5) is 28.9. The monoisotopic (exact) mass is 592 g/mol. The highest BCUT2D eigenvalue weighted by Crippen LogP contribution is 2.39. The zero-order valence-corrected chi connectivity index (χ0v) is 24.0. The summed E-state index contributed by atoms with van der Waals surface area (Å²) in [6.45, 7) is 3.45. The van der Waals surface area contributed by atoms with E-state index >= 15 is 4.39 Å². The standard InChI is InChI=1S/C30H30ClFN6O4/c1-30(6-8-37(9-7-30)28(40)15-39)38-17-34-26-14-33-25-13-24(32)21(12-22(25)29(26)38)20-4-3-19(11-23(20)31)42-27-5-10-41-18-36(2)16-35-27/h3-5,11-14,16-17,39H,6-10,15,18H2,1-2H3/b27-5+,35-16?. The summed E-state index contributed by atoms with van der Waals surface area (Å²) >= 11 is 6.69. The van der Waals surface area contributed by atoms with E-state index < -0.39 is 12.4 Å². The van der Waals surface area contributed by atoms with Gasteiger partial charge in [-0.25, -0.2) is 14.4 Å². The predicted octanol–water partition coefficient (Wildman–Crippen LogP) is 4.54. The Kier molecular flexibility index (Phi) is 7.56. The number of ether oxygens (including phenoxy) is 2. The molecule has 2 aliphatic heterocycles. The van der Waals surface area contributed by atoms with Crippen LogP contribution in [-0.2, 0) is 15.1 Å². The van der Waals surface area contributed by atoms with Crippen molar-refractivity contribution in [2.75, 3.05) is 40.1 Å². The zero-order valence-electron chi connectivity index (χ0n) is 23.3. The number of rotatable bonds is 5. The van der Waals surface area contributed by atoms with Crippen LogP contribution in [0.15, 0.2) is 59.8 Å². The molecule has 42 heavy (non-hydrogen) atoms. The lowest BCUT2D eigenvalue weighted by atomic mass is 9.88. The van der Waals surface area contributed by atoms with E-state index in [9.17, 15) is 9.90 Å². The van der Waals surface area contributed by atoms with Crippen LogP contribution in [0.5, 0.6) is 5.75 Å². The fraction of sp³-hybridized carbons (Fsp3) is 0.333. The number of halogens is 2. The first-order valence-electron chi connectivity index (χ1n) is 13.6. The Balaban J connectivity index is 1.36. The summed E-state index contributed by atoms with van der Waals surface area (Å²) in [5, 5.41) is 10.3. The molecule has 6 rings (SSSR count). The number of aliphatic imine (C=N–C) groups is 1. The number of nitrogens with zero attached hydrogens (tertiary/aromatic N) is 6. The number of hydrogen-bond donors (Lipinski definition) is 1. The Bertz CT molecular complexity index is 1730. The molecule has 0 unspecified atom stereocenters. The first-order valence-corrected chi connectivity index (χ1v) is 14.0. The quantitative estimate of drug-likeness (QED) is 0.363. The summed E-state index contributed by atoms with van der Waals surface area (Å²) < 4.78 is 29.0. The lowest BCUT2D eigenvalue weighted by Gasteiger charge is -2.40. The average Bonchev–Trinajstić information content (AvgIpc) is 3.42. The molecule has 0 aliphatic carbocycles. The van der Waals surface area contributed by atoms with E-state index in [0.717, 1.165) is 10.9 Å². The smallest absolute Gasteiger partial charge is 0.248 e. The molecule has 4 aromatic rings. The van der Waals surface area contributed by atoms with Crippen LogP contribution in [0.25, 0.3) is 33.1 Å². The van der Waals surface area contributed by atoms with Crippen molar-refractivity contribution in [3.05, 3.63) is 65.7 Å². The number of likely N-dealkylation sites (tertiary alicyclic amines) is 1. The number of amides is 1. The molecule has 0 spiro atoms. The molecule has 0 bridgehead atoms. The zero-order chi connectivity index (χ0) is 29.4. The van der Waals surface area contributed by atoms with Gasteiger partial charge in [-0.2, -0.15) is 0 Å². The van der Waals surface area contributed by atoms with Gasteiger partial charge in [0.25, 0.3) is 0 Å². The molecule has 1 N–H and O–H groups in total. The van der Waals surface area contributed by atoms with Crippen molar-refractivity contribution >= 4 is 45.8 Å². The van der Waals surface area contributed by atoms with Crippen LogP contribution < -0.4 is 4.74 Å². The number of carbonyl (C=O) groups is 1. The van der Waals surface area contributed by atoms with E-state index in [4.69, 9.17) is 21.1 Å². The van der Waals surface area contributed by atoms with Gasteiger partial charge in [-0.05, 0) is 38.0 Å². The number of pyridine rings is 1. The van der Waals surface area contributed by atoms with Crippen LogP contribution in [0.1, 0.15) is 19.8 Å². The van der Waals surface area contributed by atoms with E-state index in [1.807, 2.05) is 7.05 Å². The van der Waals surface area contributed by atoms with Crippen LogP contribution in [0, 0.1) is 5.82 Å². The second-order valence-corrected chi connectivity index (χ2v) is 11.2. The molecule has 0 atom stereocenters. The number of benzene rings is 2. The lowest BCUT2D eigenvalue weighted by molar-refractivity contribution is -0.136. The largest absolute Gasteiger partial charge is 0.439 e. The highest BCUT2D eigenvalue weighted by molar-refractivity contribution is 6.33. The third-order valence-corrected chi connectivity index (χ3v) is 8.19. The maximum Gasteiger partial charge on any atom is 0.248 e. The molecule has 12 heteroatoms. The number of piperidine rings is 1. The van der Waals surface area contributed by atoms with Crippen molar-refractivity contribution in [1.82, 2.24) is 24.3 Å². The number of aliphatic hydroxyl groups excluding tert-OH is 1. The van der Waals surface area contributed by atoms with Gasteiger partial charge >= 0.3 is 0 Å². The van der Waals surface area contributed by atoms with Crippen LogP contribution in [0.2, 0.25) is 5.02 Å². The molecule has 0 saturated carbocycles. The summed E-state index contributed by atoms with van der Waals surface area (Å²) in [6.07, 6.45) is 8.13. The van der Waals surface area contributed by atoms with E-state index in [2.05, 4.69) is 26.5 Å². The first-order chi connectivity index (χ1) is 20.3. The van der Waals surface area contributed by atoms with Crippen molar-refractivity contribution in [2.24, 2.45) is 4.99 Å². The first kappa shape index (κ1) is 28.1. The maximum atomic E-state index is 15.5. The summed E-state index contributed by atoms with van der Waals surface area (Å²) in [6, 6.07) is 8.25. The third kappa shape index (κ3) is 5.31. The Morgan fingerprint density at radius 2 is 1.98 bits per heavy atom. The van der Waals surface area contributed by atoms with Crippen molar-refractivity contribution in [3.8, 4) is 16.9 Å². The van der Waals surface area contributed by atoms with Crippen LogP contribution >= 0.6 is 11.6 Å². The second kappa shape index (κ2) is 11.3. The molecule has 218 valence electrons. The molecule has 10 nitrogen and oxygen atoms in total. The second-order valence-electron chi connectivity index (χ2n) is 10.8. The van der Waals surface area contributed by atoms with Gasteiger partial charge in [0.2, 0.25) is 11.8 Å². The van der Waals surface area contributed by atoms with Gasteiger partial charge < -0.3 is 28.9 Å². The molecule has 2 aromatic carbocycles. The van der Waals surface area contributed by atoms with Crippen molar-refractivity contribution < 1.29 is 23.8 Å². The molecule has 4 heterocycles. The summed E-state index contributed by atoms with van der Waals surface area (Å²) in [5.74, 6) is 0.0959. The molecule has 1 saturated heterocycles. The minimum absolute atomic E-state index is 0.272. The van der Waals surface area contributed by atoms with Gasteiger partial charge in [0.15, 0.2) is 0 Å². The number of carbonyl (C=O) groups excluding carboxylic acids is 1. The number of imidazole rings is 1. The minimum atomic E-state index is -0.497. The number of hydrogen-bond acceptors (Lipinski definition) is 8. The van der Waals surface area contributed by atoms with Crippen molar-refractivity contribution in [1.29, 1.82) is 0 Å². The van der Waals surface area contributed by atoms with Crippen LogP contribution in [-0.4, -0.2) is 81.8 Å². The van der Waals surface area contributed by atoms with Crippen molar-refractivity contribution in [3.63, 3.8) is 0 Å². The summed E-state index contributed by atoms with van der Waals surface area (Å²) in [7, 11) is 1.84. The highest BCUT2D eigenvalue weighted by Gasteiger charge is 2.34. The molecule has 1 fully saturated rings. The average molecular weight is 593 g/mol. The molecule has 1 amide bonds. The fourth-order valence-corrected chi connectivity index (χ4v) is 5.72. The molecule has 2 aromatic heterocycles. The minimum Gasteiger partial charge on any atom is -0.439 e. The lowest BCUT2D eigenvalue weighted by Crippen LogP contribution is -2.47. The van der Waals surface area contributed by atoms with Crippen molar-refractivity contribution in [2.45, 2.75) is 25.3 Å². The topological polar surface area (TPSA) is 105 Å². The predicted molar refractivity (Wildman–Crippen MR) is 158 cm³/mol. The molecule has 2 aliphatic rings. The maximum absolute atomic E-state index is 15.5. The SMILES string of the molecule is CN1C=N/C(Oc2ccc(-c3cc4c(cc3F)ncc3ncn(C5(C)CCN(C(=O)CO)CC5)c34)c(Cl)c2)=C\COC1. The highest BCUT2D eigenvalue weighted by atomic mass is 35.5. The van der Waals surface area contributed by atoms with E-state index in [-0.39, 0.29) is 11.4 Å². The Hall–Kier alpha value is -4.06. The summed E-state index contributed by atoms with van der Waals surface area (Å²) in [5.41, 5.74) is 2.52. The van der Waals surface area contributed by atoms with Gasteiger partial charge in [-0.1, -0.05) is 11.6 Å². The Morgan fingerprint density at radius 1 is 1.17 bits per heavy atom. The van der Waals surface area contributed by atoms with Gasteiger partial charge in [0.05, 0.1) is 41.5 Å². The van der Waals surface area contributed by atoms with E-state index in [1.165, 1.54) is 6.07 Å². The fourth-order valence-electron chi connectivity index (χ4n) is 5.44. The van der Waals surface area contributed by atoms with E-state index in [0.29, 0.717) is 78.1 Å². The third-order valence-electron chi connectivity index (χ3n) is 7.88. The normalized spacial score (nSPS) is 18.5. The number of aromatic nitrogens is 3. The molecular formula is C30H30ClFN6O4. The van der Waals surface area contributed by atoms with Crippen LogP contribution in [0.3, 0.4) is 0 Å². The van der Waals surface area contributed by atoms with Gasteiger partial charge in [0.1, 0.15) is 30.4 Å². The number of aliphatic hydroxyl groups is 1. The molecular weight excluding hydrogens is 563 g/mol. The van der Waals surface area contributed by atoms with Gasteiger partial charge in [0, 0.05) is 60.4 Å². The Morgan fingerprint density at radius 3 is 2.74 bits per heavy atom. The van der Waals surface area contributed by atoms with Gasteiger partial charge in [-0.3, -0.25) is 9.78 Å². The molecule has 0 radical (unpaired) electrons. The van der Waals surface area contributed by atoms with Crippen LogP contribution in [0.4, 0.5) is 4.39 Å². The van der Waals surface area contributed by atoms with Gasteiger partial charge in [-0.15, -0.1) is 0 Å². The van der Waals surface area contributed by atoms with E-state index in [1.54, 1.807) is 59.0 Å². The number of fused-ring (bicyclic) bond motifs is 3. The Labute approximate surface area is 246 Å².